The normalized spacial score (nSPS) is 16.2. The van der Waals surface area contributed by atoms with Gasteiger partial charge < -0.3 is 10.1 Å². The van der Waals surface area contributed by atoms with Crippen molar-refractivity contribution in [1.29, 1.82) is 0 Å². The Bertz CT molecular complexity index is 985. The van der Waals surface area contributed by atoms with Crippen molar-refractivity contribution < 1.29 is 32.3 Å². The number of amides is 3. The highest BCUT2D eigenvalue weighted by Gasteiger charge is 2.48. The molecule has 0 aliphatic carbocycles. The second kappa shape index (κ2) is 9.51. The lowest BCUT2D eigenvalue weighted by atomic mass is 10.1. The Kier molecular flexibility index (Phi) is 7.00. The molecule has 2 aromatic rings. The summed E-state index contributed by atoms with van der Waals surface area (Å²) in [7, 11) is 0. The Hall–Kier alpha value is -2.87. The first-order valence-corrected chi connectivity index (χ1v) is 10.7. The van der Waals surface area contributed by atoms with E-state index in [1.54, 1.807) is 13.0 Å². The van der Waals surface area contributed by atoms with Crippen LogP contribution in [0.4, 0.5) is 34.5 Å². The SMILES string of the molecule is CCOC(=O)Nc1nnc(SCC(=O)N2c3ccccc3NC(=O)CC2C(F)(F)F)s1. The van der Waals surface area contributed by atoms with Gasteiger partial charge in [-0.3, -0.25) is 19.8 Å². The number of anilines is 3. The molecule has 1 aromatic heterocycles. The van der Waals surface area contributed by atoms with E-state index in [1.807, 2.05) is 0 Å². The van der Waals surface area contributed by atoms with E-state index in [4.69, 9.17) is 4.74 Å². The maximum Gasteiger partial charge on any atom is 0.413 e. The van der Waals surface area contributed by atoms with Crippen LogP contribution in [0.2, 0.25) is 0 Å². The second-order valence-corrected chi connectivity index (χ2v) is 8.30. The molecule has 14 heteroatoms. The van der Waals surface area contributed by atoms with Gasteiger partial charge in [0.25, 0.3) is 0 Å². The van der Waals surface area contributed by atoms with Crippen molar-refractivity contribution in [1.82, 2.24) is 10.2 Å². The van der Waals surface area contributed by atoms with Crippen LogP contribution in [0.25, 0.3) is 0 Å². The third-order valence-corrected chi connectivity index (χ3v) is 5.94. The summed E-state index contributed by atoms with van der Waals surface area (Å²) in [6, 6.07) is 3.49. The molecule has 0 radical (unpaired) electrons. The molecule has 3 rings (SSSR count). The number of aromatic nitrogens is 2. The summed E-state index contributed by atoms with van der Waals surface area (Å²) in [6.07, 6.45) is -6.45. The fourth-order valence-electron chi connectivity index (χ4n) is 2.76. The van der Waals surface area contributed by atoms with Gasteiger partial charge in [-0.05, 0) is 19.1 Å². The average Bonchev–Trinajstić information content (AvgIpc) is 3.06. The van der Waals surface area contributed by atoms with Crippen LogP contribution < -0.4 is 15.5 Å². The number of thioether (sulfide) groups is 1. The van der Waals surface area contributed by atoms with Crippen LogP contribution in [0.1, 0.15) is 13.3 Å². The summed E-state index contributed by atoms with van der Waals surface area (Å²) in [5, 5.41) is 12.4. The van der Waals surface area contributed by atoms with Gasteiger partial charge >= 0.3 is 12.3 Å². The second-order valence-electron chi connectivity index (χ2n) is 6.10. The maximum absolute atomic E-state index is 13.7. The van der Waals surface area contributed by atoms with E-state index in [1.165, 1.54) is 18.2 Å². The third-order valence-electron chi connectivity index (χ3n) is 3.98. The molecule has 9 nitrogen and oxygen atoms in total. The Labute approximate surface area is 182 Å². The molecule has 1 aliphatic heterocycles. The Balaban J connectivity index is 1.78. The molecule has 3 amide bonds. The standard InChI is InChI=1S/C17H16F3N5O4S2/c1-2-29-15(28)22-14-23-24-16(31-14)30-8-13(27)25-10-6-4-3-5-9(10)21-12(26)7-11(25)17(18,19)20/h3-6,11H,2,7-8H2,1H3,(H,21,26)(H,22,23,28). The van der Waals surface area contributed by atoms with Crippen molar-refractivity contribution in [2.24, 2.45) is 0 Å². The lowest BCUT2D eigenvalue weighted by Gasteiger charge is -2.31. The van der Waals surface area contributed by atoms with Gasteiger partial charge in [0.05, 0.1) is 30.2 Å². The molecule has 2 heterocycles. The molecule has 166 valence electrons. The van der Waals surface area contributed by atoms with Crippen LogP contribution in [0.5, 0.6) is 0 Å². The molecule has 1 atom stereocenters. The molecule has 0 saturated carbocycles. The minimum absolute atomic E-state index is 0.0387. The molecule has 2 N–H and O–H groups in total. The summed E-state index contributed by atoms with van der Waals surface area (Å²) in [5.41, 5.74) is 0.0812. The molecule has 0 spiro atoms. The van der Waals surface area contributed by atoms with Crippen LogP contribution in [-0.2, 0) is 14.3 Å². The van der Waals surface area contributed by atoms with Crippen LogP contribution in [0, 0.1) is 0 Å². The van der Waals surface area contributed by atoms with Crippen molar-refractivity contribution in [3.8, 4) is 0 Å². The number of rotatable bonds is 5. The smallest absolute Gasteiger partial charge is 0.413 e. The van der Waals surface area contributed by atoms with Gasteiger partial charge in [0, 0.05) is 0 Å². The van der Waals surface area contributed by atoms with E-state index < -0.39 is 36.5 Å². The van der Waals surface area contributed by atoms with E-state index in [2.05, 4.69) is 20.8 Å². The largest absolute Gasteiger partial charge is 0.450 e. The van der Waals surface area contributed by atoms with Crippen molar-refractivity contribution >= 4 is 57.5 Å². The number of alkyl halides is 3. The fraction of sp³-hybridized carbons (Fsp3) is 0.353. The molecule has 0 saturated heterocycles. The van der Waals surface area contributed by atoms with E-state index in [9.17, 15) is 27.6 Å². The number of ether oxygens (including phenoxy) is 1. The number of carbonyl (C=O) groups is 3. The monoisotopic (exact) mass is 475 g/mol. The number of fused-ring (bicyclic) bond motifs is 1. The minimum Gasteiger partial charge on any atom is -0.450 e. The highest BCUT2D eigenvalue weighted by atomic mass is 32.2. The zero-order valence-corrected chi connectivity index (χ0v) is 17.6. The number of carbonyl (C=O) groups excluding carboxylic acids is 3. The van der Waals surface area contributed by atoms with Crippen molar-refractivity contribution in [3.63, 3.8) is 0 Å². The maximum atomic E-state index is 13.7. The number of hydrogen-bond acceptors (Lipinski definition) is 8. The van der Waals surface area contributed by atoms with Gasteiger partial charge in [-0.2, -0.15) is 13.2 Å². The highest BCUT2D eigenvalue weighted by molar-refractivity contribution is 8.01. The summed E-state index contributed by atoms with van der Waals surface area (Å²) < 4.78 is 46.1. The lowest BCUT2D eigenvalue weighted by Crippen LogP contribution is -2.50. The Morgan fingerprint density at radius 3 is 2.81 bits per heavy atom. The van der Waals surface area contributed by atoms with Gasteiger partial charge in [-0.15, -0.1) is 10.2 Å². The molecular weight excluding hydrogens is 459 g/mol. The summed E-state index contributed by atoms with van der Waals surface area (Å²) in [6.45, 7) is 1.79. The van der Waals surface area contributed by atoms with Crippen molar-refractivity contribution in [2.45, 2.75) is 29.9 Å². The number of nitrogens with zero attached hydrogens (tertiary/aromatic N) is 3. The lowest BCUT2D eigenvalue weighted by molar-refractivity contribution is -0.157. The van der Waals surface area contributed by atoms with Gasteiger partial charge in [0.15, 0.2) is 4.34 Å². The van der Waals surface area contributed by atoms with Crippen molar-refractivity contribution in [2.75, 3.05) is 27.9 Å². The predicted octanol–water partition coefficient (Wildman–Crippen LogP) is 3.50. The first-order chi connectivity index (χ1) is 14.7. The van der Waals surface area contributed by atoms with Crippen molar-refractivity contribution in [3.05, 3.63) is 24.3 Å². The van der Waals surface area contributed by atoms with Crippen LogP contribution in [0.3, 0.4) is 0 Å². The van der Waals surface area contributed by atoms with E-state index in [-0.39, 0.29) is 33.2 Å². The van der Waals surface area contributed by atoms with Gasteiger partial charge in [-0.25, -0.2) is 4.79 Å². The Morgan fingerprint density at radius 1 is 1.35 bits per heavy atom. The predicted molar refractivity (Wildman–Crippen MR) is 108 cm³/mol. The highest BCUT2D eigenvalue weighted by Crippen LogP contribution is 2.38. The van der Waals surface area contributed by atoms with E-state index >= 15 is 0 Å². The zero-order valence-electron chi connectivity index (χ0n) is 15.9. The van der Waals surface area contributed by atoms with Gasteiger partial charge in [0.2, 0.25) is 16.9 Å². The number of para-hydroxylation sites is 2. The molecule has 1 unspecified atom stereocenters. The van der Waals surface area contributed by atoms with Crippen LogP contribution in [0.15, 0.2) is 28.6 Å². The Morgan fingerprint density at radius 2 is 2.10 bits per heavy atom. The van der Waals surface area contributed by atoms with E-state index in [0.29, 0.717) is 4.90 Å². The third kappa shape index (κ3) is 5.64. The fourth-order valence-corrected chi connectivity index (χ4v) is 4.36. The first-order valence-electron chi connectivity index (χ1n) is 8.86. The quantitative estimate of drug-likeness (QED) is 0.503. The minimum atomic E-state index is -4.81. The molecule has 0 fully saturated rings. The number of halogens is 3. The number of nitrogens with one attached hydrogen (secondary N) is 2. The topological polar surface area (TPSA) is 114 Å². The summed E-state index contributed by atoms with van der Waals surface area (Å²) in [5.74, 6) is -2.08. The number of benzene rings is 1. The van der Waals surface area contributed by atoms with Crippen LogP contribution in [-0.4, -0.2) is 52.7 Å². The first kappa shape index (κ1) is 22.8. The molecule has 1 aromatic carbocycles. The summed E-state index contributed by atoms with van der Waals surface area (Å²) in [4.78, 5) is 36.8. The molecule has 31 heavy (non-hydrogen) atoms. The summed E-state index contributed by atoms with van der Waals surface area (Å²) >= 11 is 1.81. The average molecular weight is 475 g/mol. The number of hydrogen-bond donors (Lipinski definition) is 2. The zero-order chi connectivity index (χ0) is 22.6. The van der Waals surface area contributed by atoms with E-state index in [0.717, 1.165) is 23.1 Å². The van der Waals surface area contributed by atoms with Crippen LogP contribution >= 0.6 is 23.1 Å². The molecular formula is C17H16F3N5O4S2. The van der Waals surface area contributed by atoms with Gasteiger partial charge in [-0.1, -0.05) is 35.2 Å². The van der Waals surface area contributed by atoms with Gasteiger partial charge in [0.1, 0.15) is 6.04 Å². The molecule has 1 aliphatic rings. The molecule has 0 bridgehead atoms.